The maximum atomic E-state index is 10.9. The molecule has 0 radical (unpaired) electrons. The molecule has 1 fully saturated rings. The molecule has 0 aliphatic carbocycles. The van der Waals surface area contributed by atoms with Crippen LogP contribution in [0.25, 0.3) is 0 Å². The minimum absolute atomic E-state index is 0.0585. The van der Waals surface area contributed by atoms with Crippen molar-refractivity contribution < 1.29 is 9.90 Å². The maximum Gasteiger partial charge on any atom is 0.305 e. The van der Waals surface area contributed by atoms with Gasteiger partial charge in [-0.25, -0.2) is 0 Å². The van der Waals surface area contributed by atoms with Crippen LogP contribution in [0.3, 0.4) is 0 Å². The van der Waals surface area contributed by atoms with Gasteiger partial charge in [0, 0.05) is 12.6 Å². The quantitative estimate of drug-likeness (QED) is 0.923. The molecule has 100 valence electrons. The molecule has 1 aromatic carbocycles. The van der Waals surface area contributed by atoms with Gasteiger partial charge in [0.05, 0.1) is 22.7 Å². The lowest BCUT2D eigenvalue weighted by Crippen LogP contribution is -2.41. The SMILES string of the molecule is N#Cc1c(Cl)cccc1N1CCCCC1CC(=O)O. The predicted octanol–water partition coefficient (Wildman–Crippen LogP) is 3.05. The van der Waals surface area contributed by atoms with Crippen molar-refractivity contribution in [3.8, 4) is 6.07 Å². The van der Waals surface area contributed by atoms with Crippen LogP contribution in [0, 0.1) is 11.3 Å². The van der Waals surface area contributed by atoms with Gasteiger partial charge in [-0.1, -0.05) is 17.7 Å². The lowest BCUT2D eigenvalue weighted by Gasteiger charge is -2.37. The van der Waals surface area contributed by atoms with Crippen molar-refractivity contribution in [2.24, 2.45) is 0 Å². The van der Waals surface area contributed by atoms with E-state index < -0.39 is 5.97 Å². The van der Waals surface area contributed by atoms with Gasteiger partial charge in [-0.15, -0.1) is 0 Å². The molecule has 4 nitrogen and oxygen atoms in total. The molecule has 1 aromatic rings. The second-order valence-corrected chi connectivity index (χ2v) is 5.09. The van der Waals surface area contributed by atoms with Gasteiger partial charge in [0.15, 0.2) is 0 Å². The van der Waals surface area contributed by atoms with E-state index in [2.05, 4.69) is 6.07 Å². The van der Waals surface area contributed by atoms with Crippen molar-refractivity contribution in [1.29, 1.82) is 5.26 Å². The van der Waals surface area contributed by atoms with Gasteiger partial charge < -0.3 is 10.0 Å². The second kappa shape index (κ2) is 5.94. The molecular weight excluding hydrogens is 264 g/mol. The third-order valence-corrected chi connectivity index (χ3v) is 3.77. The summed E-state index contributed by atoms with van der Waals surface area (Å²) in [5.41, 5.74) is 1.18. The van der Waals surface area contributed by atoms with E-state index >= 15 is 0 Å². The van der Waals surface area contributed by atoms with E-state index in [1.54, 1.807) is 12.1 Å². The Morgan fingerprint density at radius 3 is 3.00 bits per heavy atom. The van der Waals surface area contributed by atoms with Crippen LogP contribution < -0.4 is 4.90 Å². The summed E-state index contributed by atoms with van der Waals surface area (Å²) in [6, 6.07) is 7.37. The highest BCUT2D eigenvalue weighted by Gasteiger charge is 2.26. The Labute approximate surface area is 117 Å². The number of carboxylic acid groups (broad SMARTS) is 1. The molecular formula is C14H15ClN2O2. The van der Waals surface area contributed by atoms with Gasteiger partial charge in [-0.05, 0) is 31.4 Å². The fraction of sp³-hybridized carbons (Fsp3) is 0.429. The van der Waals surface area contributed by atoms with Gasteiger partial charge in [0.1, 0.15) is 6.07 Å². The lowest BCUT2D eigenvalue weighted by molar-refractivity contribution is -0.137. The number of nitrogens with zero attached hydrogens (tertiary/aromatic N) is 2. The van der Waals surface area contributed by atoms with Crippen LogP contribution >= 0.6 is 11.6 Å². The van der Waals surface area contributed by atoms with E-state index in [1.807, 2.05) is 11.0 Å². The number of aliphatic carboxylic acids is 1. The zero-order valence-corrected chi connectivity index (χ0v) is 11.2. The minimum Gasteiger partial charge on any atom is -0.481 e. The average Bonchev–Trinajstić information content (AvgIpc) is 2.38. The molecule has 1 heterocycles. The topological polar surface area (TPSA) is 64.3 Å². The van der Waals surface area contributed by atoms with Gasteiger partial charge in [0.2, 0.25) is 0 Å². The van der Waals surface area contributed by atoms with Crippen LogP contribution in [0.4, 0.5) is 5.69 Å². The number of hydrogen-bond donors (Lipinski definition) is 1. The van der Waals surface area contributed by atoms with Crippen LogP contribution in [-0.2, 0) is 4.79 Å². The Morgan fingerprint density at radius 1 is 1.53 bits per heavy atom. The predicted molar refractivity (Wildman–Crippen MR) is 73.4 cm³/mol. The van der Waals surface area contributed by atoms with Crippen LogP contribution in [0.5, 0.6) is 0 Å². The molecule has 0 bridgehead atoms. The summed E-state index contributed by atoms with van der Waals surface area (Å²) in [4.78, 5) is 13.0. The average molecular weight is 279 g/mol. The highest BCUT2D eigenvalue weighted by Crippen LogP contribution is 2.32. The number of nitriles is 1. The molecule has 2 rings (SSSR count). The van der Waals surface area contributed by atoms with Gasteiger partial charge in [0.25, 0.3) is 0 Å². The van der Waals surface area contributed by atoms with Crippen LogP contribution in [0.2, 0.25) is 5.02 Å². The number of anilines is 1. The van der Waals surface area contributed by atoms with E-state index in [9.17, 15) is 10.1 Å². The van der Waals surface area contributed by atoms with E-state index in [0.29, 0.717) is 10.6 Å². The smallest absolute Gasteiger partial charge is 0.305 e. The molecule has 1 atom stereocenters. The number of rotatable bonds is 3. The fourth-order valence-electron chi connectivity index (χ4n) is 2.59. The normalized spacial score (nSPS) is 18.9. The van der Waals surface area contributed by atoms with Crippen LogP contribution in [0.15, 0.2) is 18.2 Å². The summed E-state index contributed by atoms with van der Waals surface area (Å²) >= 11 is 6.04. The number of carboxylic acids is 1. The van der Waals surface area contributed by atoms with E-state index in [-0.39, 0.29) is 12.5 Å². The number of piperidine rings is 1. The first-order valence-corrected chi connectivity index (χ1v) is 6.68. The highest BCUT2D eigenvalue weighted by molar-refractivity contribution is 6.32. The van der Waals surface area contributed by atoms with Crippen LogP contribution in [0.1, 0.15) is 31.2 Å². The molecule has 0 spiro atoms. The van der Waals surface area contributed by atoms with Gasteiger partial charge in [-0.2, -0.15) is 5.26 Å². The Hall–Kier alpha value is -1.73. The minimum atomic E-state index is -0.808. The van der Waals surface area contributed by atoms with E-state index in [1.165, 1.54) is 0 Å². The Bertz CT molecular complexity index is 525. The largest absolute Gasteiger partial charge is 0.481 e. The molecule has 19 heavy (non-hydrogen) atoms. The monoisotopic (exact) mass is 278 g/mol. The van der Waals surface area contributed by atoms with Crippen LogP contribution in [-0.4, -0.2) is 23.7 Å². The van der Waals surface area contributed by atoms with Crippen molar-refractivity contribution in [2.45, 2.75) is 31.7 Å². The first-order valence-electron chi connectivity index (χ1n) is 6.30. The second-order valence-electron chi connectivity index (χ2n) is 4.69. The fourth-order valence-corrected chi connectivity index (χ4v) is 2.81. The summed E-state index contributed by atoms with van der Waals surface area (Å²) in [6.45, 7) is 0.771. The molecule has 1 saturated heterocycles. The zero-order valence-electron chi connectivity index (χ0n) is 10.5. The van der Waals surface area contributed by atoms with Gasteiger partial charge in [-0.3, -0.25) is 4.79 Å². The van der Waals surface area contributed by atoms with Crippen molar-refractivity contribution in [3.63, 3.8) is 0 Å². The Kier molecular flexibility index (Phi) is 4.28. The van der Waals surface area contributed by atoms with Crippen molar-refractivity contribution >= 4 is 23.3 Å². The molecule has 1 N–H and O–H groups in total. The number of carbonyl (C=O) groups is 1. The molecule has 1 aliphatic rings. The maximum absolute atomic E-state index is 10.9. The molecule has 1 unspecified atom stereocenters. The lowest BCUT2D eigenvalue weighted by atomic mass is 9.97. The Balaban J connectivity index is 2.35. The molecule has 1 aliphatic heterocycles. The summed E-state index contributed by atoms with van der Waals surface area (Å²) in [6.07, 6.45) is 2.96. The van der Waals surface area contributed by atoms with Crippen molar-refractivity contribution in [1.82, 2.24) is 0 Å². The zero-order chi connectivity index (χ0) is 13.8. The first-order chi connectivity index (χ1) is 9.13. The number of hydrogen-bond acceptors (Lipinski definition) is 3. The van der Waals surface area contributed by atoms with Crippen molar-refractivity contribution in [2.75, 3.05) is 11.4 Å². The molecule has 0 aromatic heterocycles. The van der Waals surface area contributed by atoms with E-state index in [0.717, 1.165) is 31.5 Å². The summed E-state index contributed by atoms with van der Waals surface area (Å²) in [5, 5.41) is 18.6. The van der Waals surface area contributed by atoms with Crippen molar-refractivity contribution in [3.05, 3.63) is 28.8 Å². The molecule has 0 saturated carbocycles. The first kappa shape index (κ1) is 13.7. The third kappa shape index (κ3) is 2.99. The van der Waals surface area contributed by atoms with E-state index in [4.69, 9.17) is 16.7 Å². The molecule has 0 amide bonds. The van der Waals surface area contributed by atoms with Gasteiger partial charge >= 0.3 is 5.97 Å². The standard InChI is InChI=1S/C14H15ClN2O2/c15-12-5-3-6-13(11(12)9-16)17-7-2-1-4-10(17)8-14(18)19/h3,5-6,10H,1-2,4,7-8H2,(H,18,19). The molecule has 5 heteroatoms. The third-order valence-electron chi connectivity index (χ3n) is 3.45. The summed E-state index contributed by atoms with van der Waals surface area (Å²) in [5.74, 6) is -0.808. The summed E-state index contributed by atoms with van der Waals surface area (Å²) in [7, 11) is 0. The number of halogens is 1. The number of benzene rings is 1. The summed E-state index contributed by atoms with van der Waals surface area (Å²) < 4.78 is 0. The Morgan fingerprint density at radius 2 is 2.32 bits per heavy atom. The highest BCUT2D eigenvalue weighted by atomic mass is 35.5.